The number of fused-ring (bicyclic) bond motifs is 1. The first kappa shape index (κ1) is 58.5. The van der Waals surface area contributed by atoms with Crippen molar-refractivity contribution in [2.75, 3.05) is 23.1 Å². The standard InChI is InChI=1S/C9H7ClF2OS.C9H8F2O2S.C9H6F2OS.C6H4F2S.C3H5ClO2.C2Cl2O2/c10-9(13)3-4-14-8-5-6(11)1-2-7(8)12;10-6-1-2-7(11)8(5-6)14-4-3-9(12)13;10-5-1-2-6(11)9-8(5)7(12)3-4-13-9;7-4-1-2-5(8)6(9)3-4;4-2-1-3(5)6;3-1(5)2(4)6/h1-2,5H,3-4H2;1-2,5H,3-4H2,(H,12,13);1-2H,3-4H2;1-3,9H;1-2H2,(H,5,6);. The molecule has 24 heteroatoms. The highest BCUT2D eigenvalue weighted by molar-refractivity contribution is 7.99. The molecule has 338 valence electrons. The lowest BCUT2D eigenvalue weighted by Gasteiger charge is -2.14. The summed E-state index contributed by atoms with van der Waals surface area (Å²) in [6, 6.07) is 11.5. The molecule has 62 heavy (non-hydrogen) atoms. The second kappa shape index (κ2) is 32.2. The third kappa shape index (κ3) is 26.2. The van der Waals surface area contributed by atoms with Gasteiger partial charge in [-0.3, -0.25) is 28.8 Å². The molecule has 0 bridgehead atoms. The van der Waals surface area contributed by atoms with Gasteiger partial charge in [0.1, 0.15) is 46.5 Å². The zero-order valence-electron chi connectivity index (χ0n) is 31.1. The molecule has 4 aromatic rings. The molecule has 0 saturated heterocycles. The second-order valence-corrected chi connectivity index (χ2v) is 16.2. The van der Waals surface area contributed by atoms with Crippen LogP contribution in [0.2, 0.25) is 0 Å². The molecule has 0 fully saturated rings. The summed E-state index contributed by atoms with van der Waals surface area (Å²) in [5.74, 6) is -4.90. The maximum atomic E-state index is 13.1. The Balaban J connectivity index is 0.000000743. The molecule has 0 saturated carbocycles. The van der Waals surface area contributed by atoms with Crippen LogP contribution in [0.4, 0.5) is 35.1 Å². The number of aliphatic carboxylic acids is 2. The fourth-order valence-electron chi connectivity index (χ4n) is 3.54. The molecule has 1 heterocycles. The highest BCUT2D eigenvalue weighted by atomic mass is 35.5. The van der Waals surface area contributed by atoms with Crippen LogP contribution in [0.1, 0.15) is 36.0 Å². The van der Waals surface area contributed by atoms with Gasteiger partial charge in [0.25, 0.3) is 0 Å². The van der Waals surface area contributed by atoms with Crippen LogP contribution in [0.5, 0.6) is 0 Å². The molecule has 0 radical (unpaired) electrons. The average Bonchev–Trinajstić information content (AvgIpc) is 3.18. The minimum absolute atomic E-state index is 0.0370. The number of carboxylic acids is 2. The average molecular weight is 1040 g/mol. The minimum atomic E-state index is -1.14. The zero-order chi connectivity index (χ0) is 47.5. The van der Waals surface area contributed by atoms with Crippen LogP contribution < -0.4 is 0 Å². The smallest absolute Gasteiger partial charge is 0.304 e. The van der Waals surface area contributed by atoms with E-state index in [1.165, 1.54) is 11.8 Å². The van der Waals surface area contributed by atoms with Gasteiger partial charge in [-0.1, -0.05) is 0 Å². The van der Waals surface area contributed by atoms with Crippen LogP contribution >= 0.6 is 94.3 Å². The van der Waals surface area contributed by atoms with Crippen molar-refractivity contribution < 1.29 is 74.1 Å². The summed E-state index contributed by atoms with van der Waals surface area (Å²) in [6.07, 6.45) is 0.419. The highest BCUT2D eigenvalue weighted by Crippen LogP contribution is 2.33. The molecule has 8 nitrogen and oxygen atoms in total. The fourth-order valence-corrected chi connectivity index (χ4v) is 6.96. The van der Waals surface area contributed by atoms with Gasteiger partial charge in [-0.25, -0.2) is 35.1 Å². The SMILES string of the molecule is Fc1ccc(F)c(S)c1.O=C(Cl)C(=O)Cl.O=C(Cl)CCSc1cc(F)ccc1F.O=C(O)CCCl.O=C(O)CCSc1cc(F)ccc1F.O=C1CCSc2c(F)ccc(F)c21. The molecule has 0 spiro atoms. The quantitative estimate of drug-likeness (QED) is 0.0330. The van der Waals surface area contributed by atoms with Crippen molar-refractivity contribution in [3.05, 3.63) is 119 Å². The molecule has 0 atom stereocenters. The van der Waals surface area contributed by atoms with Crippen molar-refractivity contribution in [1.82, 2.24) is 0 Å². The number of thioether (sulfide) groups is 3. The number of rotatable bonds is 11. The predicted octanol–water partition coefficient (Wildman–Crippen LogP) is 11.9. The van der Waals surface area contributed by atoms with E-state index in [2.05, 4.69) is 35.8 Å². The number of ketones is 1. The number of halogens is 12. The van der Waals surface area contributed by atoms with Gasteiger partial charge in [0.2, 0.25) is 5.24 Å². The predicted molar refractivity (Wildman–Crippen MR) is 226 cm³/mol. The Morgan fingerprint density at radius 1 is 0.613 bits per heavy atom. The van der Waals surface area contributed by atoms with E-state index >= 15 is 0 Å². The van der Waals surface area contributed by atoms with Gasteiger partial charge in [-0.05, 0) is 102 Å². The zero-order valence-corrected chi connectivity index (χ0v) is 37.4. The maximum absolute atomic E-state index is 13.1. The lowest BCUT2D eigenvalue weighted by molar-refractivity contribution is -0.137. The number of hydrogen-bond donors (Lipinski definition) is 3. The Kier molecular flexibility index (Phi) is 30.4. The largest absolute Gasteiger partial charge is 0.481 e. The van der Waals surface area contributed by atoms with E-state index in [9.17, 15) is 63.9 Å². The number of benzene rings is 4. The van der Waals surface area contributed by atoms with Gasteiger partial charge in [0.15, 0.2) is 5.78 Å². The van der Waals surface area contributed by atoms with E-state index in [0.717, 1.165) is 90.3 Å². The highest BCUT2D eigenvalue weighted by Gasteiger charge is 2.24. The molecule has 0 aromatic heterocycles. The van der Waals surface area contributed by atoms with E-state index in [1.807, 2.05) is 0 Å². The Morgan fingerprint density at radius 2 is 1.03 bits per heavy atom. The number of thiol groups is 1. The summed E-state index contributed by atoms with van der Waals surface area (Å²) in [6.45, 7) is 0. The van der Waals surface area contributed by atoms with E-state index in [4.69, 9.17) is 33.4 Å². The van der Waals surface area contributed by atoms with Gasteiger partial charge in [0.05, 0.1) is 23.3 Å². The molecule has 2 N–H and O–H groups in total. The van der Waals surface area contributed by atoms with Crippen molar-refractivity contribution in [2.45, 2.75) is 45.3 Å². The molecule has 4 aromatic carbocycles. The molecule has 0 aliphatic carbocycles. The van der Waals surface area contributed by atoms with E-state index < -0.39 is 74.2 Å². The van der Waals surface area contributed by atoms with E-state index in [1.54, 1.807) is 0 Å². The van der Waals surface area contributed by atoms with Crippen LogP contribution in [0.15, 0.2) is 86.3 Å². The molecule has 0 amide bonds. The van der Waals surface area contributed by atoms with Gasteiger partial charge in [-0.2, -0.15) is 0 Å². The van der Waals surface area contributed by atoms with Gasteiger partial charge in [0, 0.05) is 50.7 Å². The molecule has 0 unspecified atom stereocenters. The minimum Gasteiger partial charge on any atom is -0.481 e. The lowest BCUT2D eigenvalue weighted by Crippen LogP contribution is -2.12. The normalized spacial score (nSPS) is 10.8. The number of Topliss-reactive ketones (excluding diaryl/α,β-unsaturated/α-hetero) is 1. The lowest BCUT2D eigenvalue weighted by atomic mass is 10.1. The first-order valence-electron chi connectivity index (χ1n) is 16.5. The number of hydrogen-bond acceptors (Lipinski definition) is 10. The first-order valence-corrected chi connectivity index (χ1v) is 21.6. The van der Waals surface area contributed by atoms with Crippen LogP contribution in [0.3, 0.4) is 0 Å². The van der Waals surface area contributed by atoms with E-state index in [-0.39, 0.29) is 68.2 Å². The maximum Gasteiger partial charge on any atom is 0.304 e. The van der Waals surface area contributed by atoms with Gasteiger partial charge >= 0.3 is 22.4 Å². The molecular weight excluding hydrogens is 1010 g/mol. The first-order chi connectivity index (χ1) is 29.0. The number of carbonyl (C=O) groups is 6. The van der Waals surface area contributed by atoms with Crippen LogP contribution in [0, 0.1) is 46.5 Å². The summed E-state index contributed by atoms with van der Waals surface area (Å²) in [5.41, 5.74) is -0.0729. The number of alkyl halides is 1. The van der Waals surface area contributed by atoms with Crippen molar-refractivity contribution in [3.63, 3.8) is 0 Å². The van der Waals surface area contributed by atoms with Gasteiger partial charge in [-0.15, -0.1) is 59.5 Å². The van der Waals surface area contributed by atoms with Crippen LogP contribution in [-0.2, 0) is 24.0 Å². The number of carbonyl (C=O) groups excluding carboxylic acids is 4. The summed E-state index contributed by atoms with van der Waals surface area (Å²) < 4.78 is 102. The fraction of sp³-hybridized carbons (Fsp3) is 0.211. The molecule has 1 aliphatic rings. The van der Waals surface area contributed by atoms with Crippen molar-refractivity contribution >= 4 is 128 Å². The molecular formula is C38H30Cl4F8O8S4. The monoisotopic (exact) mass is 1030 g/mol. The molecule has 5 rings (SSSR count). The van der Waals surface area contributed by atoms with E-state index in [0.29, 0.717) is 11.5 Å². The van der Waals surface area contributed by atoms with Crippen molar-refractivity contribution in [2.24, 2.45) is 0 Å². The second-order valence-electron chi connectivity index (χ2n) is 10.8. The van der Waals surface area contributed by atoms with Crippen molar-refractivity contribution in [1.29, 1.82) is 0 Å². The van der Waals surface area contributed by atoms with Crippen molar-refractivity contribution in [3.8, 4) is 0 Å². The summed E-state index contributed by atoms with van der Waals surface area (Å²) >= 11 is 26.0. The topological polar surface area (TPSA) is 143 Å². The Morgan fingerprint density at radius 3 is 1.40 bits per heavy atom. The number of carboxylic acid groups (broad SMARTS) is 2. The Bertz CT molecular complexity index is 2080. The van der Waals surface area contributed by atoms with Gasteiger partial charge < -0.3 is 10.2 Å². The Labute approximate surface area is 386 Å². The molecule has 1 aliphatic heterocycles. The summed E-state index contributed by atoms with van der Waals surface area (Å²) in [4.78, 5) is 60.7. The third-order valence-corrected chi connectivity index (χ3v) is 10.5. The summed E-state index contributed by atoms with van der Waals surface area (Å²) in [5, 5.41) is 13.4. The Hall–Kier alpha value is -3.50. The third-order valence-electron chi connectivity index (χ3n) is 6.20. The van der Waals surface area contributed by atoms with Crippen LogP contribution in [0.25, 0.3) is 0 Å². The summed E-state index contributed by atoms with van der Waals surface area (Å²) in [7, 11) is 0. The van der Waals surface area contributed by atoms with Crippen LogP contribution in [-0.4, -0.2) is 66.8 Å².